The van der Waals surface area contributed by atoms with Crippen molar-refractivity contribution in [3.8, 4) is 11.5 Å². The molecule has 1 heterocycles. The van der Waals surface area contributed by atoms with E-state index in [0.717, 1.165) is 24.8 Å². The third kappa shape index (κ3) is 4.52. The fourth-order valence-corrected chi connectivity index (χ4v) is 3.36. The highest BCUT2D eigenvalue weighted by Gasteiger charge is 2.39. The second-order valence-electron chi connectivity index (χ2n) is 7.62. The minimum atomic E-state index is -0.00196. The largest absolute Gasteiger partial charge is 0.419 e. The van der Waals surface area contributed by atoms with Crippen LogP contribution in [0.5, 0.6) is 0 Å². The monoisotopic (exact) mass is 402 g/mol. The van der Waals surface area contributed by atoms with Crippen molar-refractivity contribution < 1.29 is 14.0 Å². The summed E-state index contributed by atoms with van der Waals surface area (Å²) < 4.78 is 5.73. The summed E-state index contributed by atoms with van der Waals surface area (Å²) in [5.74, 6) is 1.45. The van der Waals surface area contributed by atoms with Gasteiger partial charge in [0.25, 0.3) is 0 Å². The molecule has 0 aliphatic heterocycles. The molecule has 2 atom stereocenters. The van der Waals surface area contributed by atoms with E-state index in [1.165, 1.54) is 0 Å². The molecule has 7 nitrogen and oxygen atoms in total. The molecule has 148 valence electrons. The quantitative estimate of drug-likeness (QED) is 0.733. The van der Waals surface area contributed by atoms with Gasteiger partial charge in [0.1, 0.15) is 0 Å². The lowest BCUT2D eigenvalue weighted by Gasteiger charge is -2.20. The highest BCUT2D eigenvalue weighted by molar-refractivity contribution is 6.30. The summed E-state index contributed by atoms with van der Waals surface area (Å²) in [6, 6.07) is 7.37. The summed E-state index contributed by atoms with van der Waals surface area (Å²) in [6.45, 7) is 2.72. The van der Waals surface area contributed by atoms with Crippen LogP contribution in [0.2, 0.25) is 5.02 Å². The summed E-state index contributed by atoms with van der Waals surface area (Å²) in [7, 11) is 0. The van der Waals surface area contributed by atoms with Crippen molar-refractivity contribution in [1.29, 1.82) is 0 Å². The molecule has 2 amide bonds. The summed E-state index contributed by atoms with van der Waals surface area (Å²) in [5.41, 5.74) is 0.782. The smallest absolute Gasteiger partial charge is 0.247 e. The number of halogens is 1. The number of rotatable bonds is 8. The maximum Gasteiger partial charge on any atom is 0.247 e. The van der Waals surface area contributed by atoms with Crippen molar-refractivity contribution in [3.63, 3.8) is 0 Å². The lowest BCUT2D eigenvalue weighted by molar-refractivity contribution is -0.132. The van der Waals surface area contributed by atoms with E-state index in [9.17, 15) is 9.59 Å². The van der Waals surface area contributed by atoms with E-state index in [2.05, 4.69) is 22.4 Å². The molecule has 1 N–H and O–H groups in total. The molecule has 2 fully saturated rings. The Kier molecular flexibility index (Phi) is 5.35. The van der Waals surface area contributed by atoms with Crippen molar-refractivity contribution in [2.24, 2.45) is 11.8 Å². The van der Waals surface area contributed by atoms with Crippen LogP contribution < -0.4 is 5.32 Å². The number of benzene rings is 1. The Morgan fingerprint density at radius 1 is 1.25 bits per heavy atom. The molecule has 8 heteroatoms. The van der Waals surface area contributed by atoms with E-state index in [0.29, 0.717) is 29.3 Å². The van der Waals surface area contributed by atoms with E-state index in [1.807, 2.05) is 12.1 Å². The van der Waals surface area contributed by atoms with Gasteiger partial charge in [-0.2, -0.15) is 0 Å². The Morgan fingerprint density at radius 3 is 2.61 bits per heavy atom. The topological polar surface area (TPSA) is 88.3 Å². The first-order chi connectivity index (χ1) is 13.5. The lowest BCUT2D eigenvalue weighted by atomic mass is 10.2. The summed E-state index contributed by atoms with van der Waals surface area (Å²) in [5, 5.41) is 11.7. The molecule has 2 saturated carbocycles. The molecule has 2 aliphatic rings. The van der Waals surface area contributed by atoms with E-state index in [-0.39, 0.29) is 36.7 Å². The number of hydrogen-bond acceptors (Lipinski definition) is 5. The van der Waals surface area contributed by atoms with E-state index in [4.69, 9.17) is 16.0 Å². The van der Waals surface area contributed by atoms with Crippen LogP contribution in [-0.4, -0.2) is 39.5 Å². The number of carbonyl (C=O) groups excluding carboxylic acids is 2. The van der Waals surface area contributed by atoms with Crippen LogP contribution in [-0.2, 0) is 16.1 Å². The van der Waals surface area contributed by atoms with Gasteiger partial charge in [0.2, 0.25) is 23.6 Å². The van der Waals surface area contributed by atoms with Crippen LogP contribution in [0, 0.1) is 11.8 Å². The first-order valence-corrected chi connectivity index (χ1v) is 10.0. The zero-order valence-electron chi connectivity index (χ0n) is 15.7. The number of aromatic nitrogens is 2. The van der Waals surface area contributed by atoms with Crippen molar-refractivity contribution in [3.05, 3.63) is 35.2 Å². The predicted octanol–water partition coefficient (Wildman–Crippen LogP) is 3.04. The molecule has 2 unspecified atom stereocenters. The molecule has 4 rings (SSSR count). The SMILES string of the molecule is CC1CC1C(=O)NCCC(=O)N(Cc1nnc(-c2ccc(Cl)cc2)o1)C1CC1. The maximum atomic E-state index is 12.6. The lowest BCUT2D eigenvalue weighted by Crippen LogP contribution is -2.36. The summed E-state index contributed by atoms with van der Waals surface area (Å²) >= 11 is 5.90. The summed E-state index contributed by atoms with van der Waals surface area (Å²) in [6.07, 6.45) is 3.19. The molecule has 1 aromatic carbocycles. The number of amides is 2. The predicted molar refractivity (Wildman–Crippen MR) is 103 cm³/mol. The Morgan fingerprint density at radius 2 is 1.96 bits per heavy atom. The van der Waals surface area contributed by atoms with Crippen molar-refractivity contribution in [2.75, 3.05) is 6.54 Å². The van der Waals surface area contributed by atoms with E-state index < -0.39 is 0 Å². The molecule has 0 bridgehead atoms. The van der Waals surface area contributed by atoms with Gasteiger partial charge in [0.05, 0.1) is 6.54 Å². The Labute approximate surface area is 168 Å². The third-order valence-corrected chi connectivity index (χ3v) is 5.51. The highest BCUT2D eigenvalue weighted by atomic mass is 35.5. The molecule has 0 spiro atoms. The van der Waals surface area contributed by atoms with E-state index >= 15 is 0 Å². The van der Waals surface area contributed by atoms with Crippen LogP contribution >= 0.6 is 11.6 Å². The van der Waals surface area contributed by atoms with Gasteiger partial charge >= 0.3 is 0 Å². The van der Waals surface area contributed by atoms with Crippen molar-refractivity contribution in [1.82, 2.24) is 20.4 Å². The minimum Gasteiger partial charge on any atom is -0.419 e. The molecule has 0 radical (unpaired) electrons. The van der Waals surface area contributed by atoms with Gasteiger partial charge in [-0.15, -0.1) is 10.2 Å². The number of hydrogen-bond donors (Lipinski definition) is 1. The second-order valence-corrected chi connectivity index (χ2v) is 8.06. The molecular formula is C20H23ClN4O3. The van der Waals surface area contributed by atoms with Gasteiger partial charge in [-0.25, -0.2) is 0 Å². The Hall–Kier alpha value is -2.41. The molecule has 2 aliphatic carbocycles. The van der Waals surface area contributed by atoms with Gasteiger partial charge in [0, 0.05) is 35.5 Å². The van der Waals surface area contributed by atoms with Gasteiger partial charge in [-0.05, 0) is 49.4 Å². The Balaban J connectivity index is 1.33. The van der Waals surface area contributed by atoms with Gasteiger partial charge in [-0.3, -0.25) is 9.59 Å². The van der Waals surface area contributed by atoms with Crippen LogP contribution in [0.15, 0.2) is 28.7 Å². The summed E-state index contributed by atoms with van der Waals surface area (Å²) in [4.78, 5) is 26.3. The number of nitrogens with zero attached hydrogens (tertiary/aromatic N) is 3. The average molecular weight is 403 g/mol. The fourth-order valence-electron chi connectivity index (χ4n) is 3.23. The number of nitrogens with one attached hydrogen (secondary N) is 1. The number of carbonyl (C=O) groups is 2. The van der Waals surface area contributed by atoms with Crippen LogP contribution in [0.4, 0.5) is 0 Å². The first kappa shape index (κ1) is 18.9. The van der Waals surface area contributed by atoms with Crippen molar-refractivity contribution in [2.45, 2.75) is 45.2 Å². The minimum absolute atomic E-state index is 0.00196. The van der Waals surface area contributed by atoms with Gasteiger partial charge in [-0.1, -0.05) is 18.5 Å². The fraction of sp³-hybridized carbons (Fsp3) is 0.500. The zero-order chi connectivity index (χ0) is 19.7. The second kappa shape index (κ2) is 7.91. The highest BCUT2D eigenvalue weighted by Crippen LogP contribution is 2.37. The Bertz CT molecular complexity index is 863. The maximum absolute atomic E-state index is 12.6. The molecular weight excluding hydrogens is 380 g/mol. The molecule has 1 aromatic heterocycles. The molecule has 0 saturated heterocycles. The van der Waals surface area contributed by atoms with Gasteiger partial charge < -0.3 is 14.6 Å². The van der Waals surface area contributed by atoms with Crippen LogP contribution in [0.25, 0.3) is 11.5 Å². The van der Waals surface area contributed by atoms with Crippen molar-refractivity contribution >= 4 is 23.4 Å². The van der Waals surface area contributed by atoms with Crippen LogP contribution in [0.3, 0.4) is 0 Å². The standard InChI is InChI=1S/C20H23ClN4O3/c1-12-10-16(12)19(27)22-9-8-18(26)25(15-6-7-15)11-17-23-24-20(28-17)13-2-4-14(21)5-3-13/h2-5,12,15-16H,6-11H2,1H3,(H,22,27). The van der Waals surface area contributed by atoms with E-state index in [1.54, 1.807) is 17.0 Å². The third-order valence-electron chi connectivity index (χ3n) is 5.26. The molecule has 2 aromatic rings. The first-order valence-electron chi connectivity index (χ1n) is 9.67. The zero-order valence-corrected chi connectivity index (χ0v) is 16.5. The van der Waals surface area contributed by atoms with Gasteiger partial charge in [0.15, 0.2) is 0 Å². The average Bonchev–Trinajstić information content (AvgIpc) is 3.60. The normalized spacial score (nSPS) is 20.6. The molecule has 28 heavy (non-hydrogen) atoms. The van der Waals surface area contributed by atoms with Crippen LogP contribution in [0.1, 0.15) is 38.5 Å².